The van der Waals surface area contributed by atoms with E-state index in [1.165, 1.54) is 6.39 Å². The van der Waals surface area contributed by atoms with Crippen LogP contribution in [0, 0.1) is 0 Å². The number of carbonyl (C=O) groups is 1. The molecule has 3 aromatic heterocycles. The highest BCUT2D eigenvalue weighted by molar-refractivity contribution is 6.03. The summed E-state index contributed by atoms with van der Waals surface area (Å²) in [5.41, 5.74) is 2.70. The number of benzene rings is 1. The summed E-state index contributed by atoms with van der Waals surface area (Å²) in [4.78, 5) is 24.4. The van der Waals surface area contributed by atoms with E-state index in [-0.39, 0.29) is 5.91 Å². The van der Waals surface area contributed by atoms with Crippen molar-refractivity contribution in [1.82, 2.24) is 19.5 Å². The first-order valence-electron chi connectivity index (χ1n) is 7.54. The number of anilines is 1. The van der Waals surface area contributed by atoms with Gasteiger partial charge in [0.05, 0.1) is 18.2 Å². The topological polar surface area (TPSA) is 85.8 Å². The first kappa shape index (κ1) is 14.8. The quantitative estimate of drug-likeness (QED) is 0.621. The second-order valence-electron chi connectivity index (χ2n) is 5.27. The van der Waals surface area contributed by atoms with Crippen molar-refractivity contribution >= 4 is 11.6 Å². The Kier molecular flexibility index (Phi) is 3.80. The van der Waals surface area contributed by atoms with Gasteiger partial charge in [-0.25, -0.2) is 9.97 Å². The number of amides is 1. The van der Waals surface area contributed by atoms with Gasteiger partial charge in [0.1, 0.15) is 5.69 Å². The van der Waals surface area contributed by atoms with Crippen LogP contribution in [-0.4, -0.2) is 25.4 Å². The number of imidazole rings is 1. The number of nitrogens with one attached hydrogen (secondary N) is 1. The van der Waals surface area contributed by atoms with E-state index in [0.717, 1.165) is 11.3 Å². The second-order valence-corrected chi connectivity index (χ2v) is 5.27. The predicted octanol–water partition coefficient (Wildman–Crippen LogP) is 3.17. The number of hydrogen-bond acceptors (Lipinski definition) is 5. The Morgan fingerprint density at radius 3 is 2.68 bits per heavy atom. The van der Waals surface area contributed by atoms with Gasteiger partial charge in [-0.3, -0.25) is 9.78 Å². The van der Waals surface area contributed by atoms with Crippen molar-refractivity contribution in [3.63, 3.8) is 0 Å². The number of pyridine rings is 1. The van der Waals surface area contributed by atoms with Crippen molar-refractivity contribution in [2.75, 3.05) is 5.32 Å². The molecule has 7 nitrogen and oxygen atoms in total. The molecule has 0 aliphatic rings. The smallest absolute Gasteiger partial charge is 0.274 e. The fourth-order valence-electron chi connectivity index (χ4n) is 2.39. The van der Waals surface area contributed by atoms with Gasteiger partial charge >= 0.3 is 0 Å². The van der Waals surface area contributed by atoms with Crippen molar-refractivity contribution in [3.05, 3.63) is 79.6 Å². The zero-order valence-electron chi connectivity index (χ0n) is 13.0. The summed E-state index contributed by atoms with van der Waals surface area (Å²) in [7, 11) is 0. The fraction of sp³-hybridized carbons (Fsp3) is 0. The standard InChI is InChI=1S/C18H13N5O2/c24-18(16-9-15(5-6-21-16)23-8-7-19-11-23)22-14-3-1-13(2-4-14)17-10-20-12-25-17/h1-12H,(H,22,24). The van der Waals surface area contributed by atoms with Crippen LogP contribution in [-0.2, 0) is 0 Å². The average molecular weight is 331 g/mol. The Morgan fingerprint density at radius 2 is 1.96 bits per heavy atom. The van der Waals surface area contributed by atoms with Gasteiger partial charge in [-0.2, -0.15) is 0 Å². The van der Waals surface area contributed by atoms with E-state index >= 15 is 0 Å². The van der Waals surface area contributed by atoms with Gasteiger partial charge in [0.25, 0.3) is 5.91 Å². The van der Waals surface area contributed by atoms with Gasteiger partial charge in [0.2, 0.25) is 0 Å². The Balaban J connectivity index is 1.51. The molecule has 0 radical (unpaired) electrons. The molecule has 0 aliphatic carbocycles. The molecule has 0 unspecified atom stereocenters. The molecule has 4 aromatic rings. The lowest BCUT2D eigenvalue weighted by Crippen LogP contribution is -2.14. The lowest BCUT2D eigenvalue weighted by Gasteiger charge is -2.07. The number of rotatable bonds is 4. The molecule has 0 saturated heterocycles. The third-order valence-corrected chi connectivity index (χ3v) is 3.64. The molecule has 3 heterocycles. The molecule has 122 valence electrons. The monoisotopic (exact) mass is 331 g/mol. The summed E-state index contributed by atoms with van der Waals surface area (Å²) in [5.74, 6) is 0.391. The van der Waals surface area contributed by atoms with Gasteiger partial charge in [-0.1, -0.05) is 0 Å². The minimum Gasteiger partial charge on any atom is -0.444 e. The summed E-state index contributed by atoms with van der Waals surface area (Å²) in [6.07, 6.45) is 9.76. The lowest BCUT2D eigenvalue weighted by atomic mass is 10.1. The SMILES string of the molecule is O=C(Nc1ccc(-c2cnco2)cc1)c1cc(-n2ccnc2)ccn1. The first-order valence-corrected chi connectivity index (χ1v) is 7.54. The van der Waals surface area contributed by atoms with Gasteiger partial charge in [0.15, 0.2) is 12.2 Å². The zero-order valence-corrected chi connectivity index (χ0v) is 13.0. The van der Waals surface area contributed by atoms with E-state index in [9.17, 15) is 4.79 Å². The lowest BCUT2D eigenvalue weighted by molar-refractivity contribution is 0.102. The van der Waals surface area contributed by atoms with Gasteiger partial charge < -0.3 is 14.3 Å². The molecule has 1 N–H and O–H groups in total. The summed E-state index contributed by atoms with van der Waals surface area (Å²) < 4.78 is 7.05. The average Bonchev–Trinajstić information content (AvgIpc) is 3.36. The van der Waals surface area contributed by atoms with Gasteiger partial charge in [-0.05, 0) is 36.4 Å². The summed E-state index contributed by atoms with van der Waals surface area (Å²) in [6.45, 7) is 0. The van der Waals surface area contributed by atoms with Crippen LogP contribution in [0.3, 0.4) is 0 Å². The number of oxazole rings is 1. The van der Waals surface area contributed by atoms with Crippen LogP contribution in [0.25, 0.3) is 17.0 Å². The summed E-state index contributed by atoms with van der Waals surface area (Å²) in [6, 6.07) is 10.8. The predicted molar refractivity (Wildman–Crippen MR) is 91.3 cm³/mol. The normalized spacial score (nSPS) is 10.6. The maximum absolute atomic E-state index is 12.4. The molecule has 0 bridgehead atoms. The van der Waals surface area contributed by atoms with Crippen molar-refractivity contribution in [1.29, 1.82) is 0 Å². The maximum Gasteiger partial charge on any atom is 0.274 e. The van der Waals surface area contributed by atoms with E-state index in [1.807, 2.05) is 22.8 Å². The Labute approximate surface area is 143 Å². The maximum atomic E-state index is 12.4. The van der Waals surface area contributed by atoms with E-state index < -0.39 is 0 Å². The first-order chi connectivity index (χ1) is 12.3. The van der Waals surface area contributed by atoms with Crippen molar-refractivity contribution in [2.45, 2.75) is 0 Å². The highest BCUT2D eigenvalue weighted by Crippen LogP contribution is 2.21. The minimum absolute atomic E-state index is 0.283. The van der Waals surface area contributed by atoms with E-state index in [0.29, 0.717) is 17.1 Å². The molecular formula is C18H13N5O2. The molecule has 7 heteroatoms. The van der Waals surface area contributed by atoms with Crippen LogP contribution >= 0.6 is 0 Å². The van der Waals surface area contributed by atoms with Crippen LogP contribution in [0.1, 0.15) is 10.5 Å². The fourth-order valence-corrected chi connectivity index (χ4v) is 2.39. The highest BCUT2D eigenvalue weighted by Gasteiger charge is 2.10. The Bertz CT molecular complexity index is 977. The molecule has 1 aromatic carbocycles. The summed E-state index contributed by atoms with van der Waals surface area (Å²) >= 11 is 0. The Morgan fingerprint density at radius 1 is 1.08 bits per heavy atom. The Hall–Kier alpha value is -3.74. The molecule has 0 atom stereocenters. The van der Waals surface area contributed by atoms with E-state index in [1.54, 1.807) is 49.3 Å². The molecule has 1 amide bonds. The molecule has 4 rings (SSSR count). The highest BCUT2D eigenvalue weighted by atomic mass is 16.3. The van der Waals surface area contributed by atoms with Crippen LogP contribution in [0.15, 0.2) is 78.3 Å². The largest absolute Gasteiger partial charge is 0.444 e. The van der Waals surface area contributed by atoms with Gasteiger partial charge in [0, 0.05) is 29.8 Å². The zero-order chi connectivity index (χ0) is 17.1. The van der Waals surface area contributed by atoms with Crippen molar-refractivity contribution < 1.29 is 9.21 Å². The third-order valence-electron chi connectivity index (χ3n) is 3.64. The number of nitrogens with zero attached hydrogens (tertiary/aromatic N) is 4. The minimum atomic E-state index is -0.283. The second kappa shape index (κ2) is 6.40. The van der Waals surface area contributed by atoms with Crippen LogP contribution in [0.2, 0.25) is 0 Å². The van der Waals surface area contributed by atoms with E-state index in [2.05, 4.69) is 20.3 Å². The molecule has 0 aliphatic heterocycles. The number of carbonyl (C=O) groups excluding carboxylic acids is 1. The molecule has 0 fully saturated rings. The molecule has 0 spiro atoms. The van der Waals surface area contributed by atoms with Crippen molar-refractivity contribution in [3.8, 4) is 17.0 Å². The van der Waals surface area contributed by atoms with E-state index in [4.69, 9.17) is 4.42 Å². The van der Waals surface area contributed by atoms with Crippen LogP contribution in [0.5, 0.6) is 0 Å². The number of hydrogen-bond donors (Lipinski definition) is 1. The van der Waals surface area contributed by atoms with Crippen molar-refractivity contribution in [2.24, 2.45) is 0 Å². The number of aromatic nitrogens is 4. The van der Waals surface area contributed by atoms with Crippen LogP contribution < -0.4 is 5.32 Å². The molecule has 0 saturated carbocycles. The van der Waals surface area contributed by atoms with Crippen LogP contribution in [0.4, 0.5) is 5.69 Å². The third kappa shape index (κ3) is 3.16. The summed E-state index contributed by atoms with van der Waals surface area (Å²) in [5, 5.41) is 2.83. The molecular weight excluding hydrogens is 318 g/mol. The molecule has 25 heavy (non-hydrogen) atoms. The van der Waals surface area contributed by atoms with Gasteiger partial charge in [-0.15, -0.1) is 0 Å².